The number of nitrogens with zero attached hydrogens (tertiary/aromatic N) is 2. The SMILES string of the molecule is Cc1c(C(=O)Nc2ccc(N)c(C(=N)Br)c2)nc(Cl)c(C#N)c1C. The Labute approximate surface area is 152 Å². The van der Waals surface area contributed by atoms with E-state index in [1.807, 2.05) is 6.07 Å². The number of carbonyl (C=O) groups is 1. The third-order valence-corrected chi connectivity index (χ3v) is 4.28. The van der Waals surface area contributed by atoms with Crippen molar-refractivity contribution in [2.45, 2.75) is 13.8 Å². The van der Waals surface area contributed by atoms with E-state index in [-0.39, 0.29) is 21.0 Å². The standard InChI is InChI=1S/C16H13BrClN5O/c1-7-8(2)13(23-15(18)11(7)6-19)16(24)22-9-3-4-12(20)10(5-9)14(17)21/h3-5,21H,20H2,1-2H3,(H,22,24). The summed E-state index contributed by atoms with van der Waals surface area (Å²) in [6, 6.07) is 6.78. The first kappa shape index (κ1) is 17.9. The highest BCUT2D eigenvalue weighted by atomic mass is 79.9. The van der Waals surface area contributed by atoms with E-state index in [0.29, 0.717) is 28.1 Å². The number of nitrogens with one attached hydrogen (secondary N) is 2. The lowest BCUT2D eigenvalue weighted by Crippen LogP contribution is -2.17. The molecule has 0 radical (unpaired) electrons. The molecule has 0 aliphatic rings. The van der Waals surface area contributed by atoms with Crippen molar-refractivity contribution in [1.29, 1.82) is 10.7 Å². The van der Waals surface area contributed by atoms with E-state index in [0.717, 1.165) is 0 Å². The van der Waals surface area contributed by atoms with Crippen molar-refractivity contribution < 1.29 is 4.79 Å². The zero-order valence-electron chi connectivity index (χ0n) is 12.9. The van der Waals surface area contributed by atoms with Crippen LogP contribution in [0.4, 0.5) is 11.4 Å². The number of amides is 1. The van der Waals surface area contributed by atoms with Gasteiger partial charge in [0.15, 0.2) is 0 Å². The quantitative estimate of drug-likeness (QED) is 0.408. The fourth-order valence-corrected chi connectivity index (χ4v) is 2.74. The van der Waals surface area contributed by atoms with E-state index < -0.39 is 5.91 Å². The predicted molar refractivity (Wildman–Crippen MR) is 98.0 cm³/mol. The lowest BCUT2D eigenvalue weighted by molar-refractivity contribution is 0.102. The molecule has 24 heavy (non-hydrogen) atoms. The number of pyridine rings is 1. The van der Waals surface area contributed by atoms with Crippen LogP contribution in [0.15, 0.2) is 18.2 Å². The Bertz CT molecular complexity index is 904. The van der Waals surface area contributed by atoms with Gasteiger partial charge in [0.25, 0.3) is 5.91 Å². The third kappa shape index (κ3) is 3.40. The van der Waals surface area contributed by atoms with Crippen LogP contribution >= 0.6 is 27.5 Å². The lowest BCUT2D eigenvalue weighted by atomic mass is 10.0. The summed E-state index contributed by atoms with van der Waals surface area (Å²) >= 11 is 9.03. The van der Waals surface area contributed by atoms with Gasteiger partial charge in [0.05, 0.1) is 5.56 Å². The molecule has 0 saturated carbocycles. The summed E-state index contributed by atoms with van der Waals surface area (Å²) < 4.78 is 0.114. The molecule has 1 aromatic heterocycles. The van der Waals surface area contributed by atoms with Crippen molar-refractivity contribution in [2.24, 2.45) is 0 Å². The van der Waals surface area contributed by atoms with Crippen molar-refractivity contribution in [3.8, 4) is 6.07 Å². The Hall–Kier alpha value is -2.43. The van der Waals surface area contributed by atoms with E-state index in [1.54, 1.807) is 32.0 Å². The van der Waals surface area contributed by atoms with Gasteiger partial charge in [-0.15, -0.1) is 0 Å². The van der Waals surface area contributed by atoms with E-state index >= 15 is 0 Å². The second-order valence-electron chi connectivity index (χ2n) is 5.06. The average molecular weight is 407 g/mol. The molecule has 0 unspecified atom stereocenters. The zero-order chi connectivity index (χ0) is 18.0. The zero-order valence-corrected chi connectivity index (χ0v) is 15.2. The molecule has 0 bridgehead atoms. The van der Waals surface area contributed by atoms with Crippen LogP contribution in [0.2, 0.25) is 5.15 Å². The Morgan fingerprint density at radius 1 is 1.42 bits per heavy atom. The minimum atomic E-state index is -0.459. The number of hydrogen-bond acceptors (Lipinski definition) is 5. The van der Waals surface area contributed by atoms with Crippen LogP contribution in [-0.4, -0.2) is 15.5 Å². The molecule has 8 heteroatoms. The van der Waals surface area contributed by atoms with Gasteiger partial charge in [-0.2, -0.15) is 5.26 Å². The lowest BCUT2D eigenvalue weighted by Gasteiger charge is -2.12. The highest BCUT2D eigenvalue weighted by Crippen LogP contribution is 2.24. The molecule has 0 saturated heterocycles. The topological polar surface area (TPSA) is 116 Å². The number of nitrogens with two attached hydrogens (primary N) is 1. The summed E-state index contributed by atoms with van der Waals surface area (Å²) in [5.74, 6) is -0.459. The molecule has 1 aromatic carbocycles. The molecule has 0 atom stereocenters. The van der Waals surface area contributed by atoms with Crippen molar-refractivity contribution in [3.63, 3.8) is 0 Å². The second-order valence-corrected chi connectivity index (χ2v) is 6.21. The number of aromatic nitrogens is 1. The molecule has 2 aromatic rings. The minimum Gasteiger partial charge on any atom is -0.398 e. The fraction of sp³-hybridized carbons (Fsp3) is 0.125. The van der Waals surface area contributed by atoms with Gasteiger partial charge in [0.1, 0.15) is 21.5 Å². The smallest absolute Gasteiger partial charge is 0.274 e. The molecule has 122 valence electrons. The molecular formula is C16H13BrClN5O. The maximum atomic E-state index is 12.5. The Morgan fingerprint density at radius 2 is 2.08 bits per heavy atom. The van der Waals surface area contributed by atoms with Crippen LogP contribution in [0.5, 0.6) is 0 Å². The number of benzene rings is 1. The van der Waals surface area contributed by atoms with Gasteiger partial charge >= 0.3 is 0 Å². The molecule has 0 spiro atoms. The molecule has 6 nitrogen and oxygen atoms in total. The summed E-state index contributed by atoms with van der Waals surface area (Å²) in [6.45, 7) is 3.42. The van der Waals surface area contributed by atoms with E-state index in [2.05, 4.69) is 26.2 Å². The van der Waals surface area contributed by atoms with Crippen LogP contribution in [0.25, 0.3) is 0 Å². The van der Waals surface area contributed by atoms with Gasteiger partial charge < -0.3 is 11.1 Å². The summed E-state index contributed by atoms with van der Waals surface area (Å²) in [5.41, 5.74) is 8.73. The summed E-state index contributed by atoms with van der Waals surface area (Å²) in [5, 5.41) is 19.4. The highest BCUT2D eigenvalue weighted by molar-refractivity contribution is 9.18. The summed E-state index contributed by atoms with van der Waals surface area (Å²) in [6.07, 6.45) is 0. The summed E-state index contributed by atoms with van der Waals surface area (Å²) in [4.78, 5) is 16.5. The first-order chi connectivity index (χ1) is 11.3. The first-order valence-electron chi connectivity index (χ1n) is 6.78. The normalized spacial score (nSPS) is 10.1. The second kappa shape index (κ2) is 6.99. The number of rotatable bonds is 3. The van der Waals surface area contributed by atoms with Crippen molar-refractivity contribution in [3.05, 3.63) is 51.3 Å². The molecule has 0 aliphatic carbocycles. The monoisotopic (exact) mass is 405 g/mol. The van der Waals surface area contributed by atoms with Crippen LogP contribution in [0.1, 0.15) is 32.7 Å². The van der Waals surface area contributed by atoms with Gasteiger partial charge in [-0.05, 0) is 59.1 Å². The summed E-state index contributed by atoms with van der Waals surface area (Å²) in [7, 11) is 0. The van der Waals surface area contributed by atoms with Crippen LogP contribution < -0.4 is 11.1 Å². The maximum Gasteiger partial charge on any atom is 0.274 e. The van der Waals surface area contributed by atoms with Crippen molar-refractivity contribution in [1.82, 2.24) is 4.98 Å². The molecule has 1 heterocycles. The van der Waals surface area contributed by atoms with Gasteiger partial charge in [0, 0.05) is 16.9 Å². The van der Waals surface area contributed by atoms with Gasteiger partial charge in [-0.25, -0.2) is 4.98 Å². The van der Waals surface area contributed by atoms with E-state index in [1.165, 1.54) is 0 Å². The van der Waals surface area contributed by atoms with E-state index in [9.17, 15) is 4.79 Å². The molecule has 0 fully saturated rings. The van der Waals surface area contributed by atoms with Gasteiger partial charge in [0.2, 0.25) is 0 Å². The maximum absolute atomic E-state index is 12.5. The Morgan fingerprint density at radius 3 is 2.67 bits per heavy atom. The average Bonchev–Trinajstić information content (AvgIpc) is 2.52. The minimum absolute atomic E-state index is 0.00835. The number of nitrogen functional groups attached to an aromatic ring is 1. The molecular weight excluding hydrogens is 394 g/mol. The largest absolute Gasteiger partial charge is 0.398 e. The third-order valence-electron chi connectivity index (χ3n) is 3.58. The van der Waals surface area contributed by atoms with Crippen LogP contribution in [-0.2, 0) is 0 Å². The van der Waals surface area contributed by atoms with Gasteiger partial charge in [-0.3, -0.25) is 10.2 Å². The number of hydrogen-bond donors (Lipinski definition) is 3. The molecule has 4 N–H and O–H groups in total. The van der Waals surface area contributed by atoms with Gasteiger partial charge in [-0.1, -0.05) is 11.6 Å². The molecule has 1 amide bonds. The highest BCUT2D eigenvalue weighted by Gasteiger charge is 2.18. The van der Waals surface area contributed by atoms with Crippen molar-refractivity contribution >= 4 is 49.4 Å². The predicted octanol–water partition coefficient (Wildman–Crippen LogP) is 3.78. The first-order valence-corrected chi connectivity index (χ1v) is 7.95. The number of halogens is 2. The Balaban J connectivity index is 2.40. The van der Waals surface area contributed by atoms with Crippen LogP contribution in [0, 0.1) is 30.6 Å². The number of carbonyl (C=O) groups excluding carboxylic acids is 1. The molecule has 0 aliphatic heterocycles. The van der Waals surface area contributed by atoms with Crippen LogP contribution in [0.3, 0.4) is 0 Å². The molecule has 2 rings (SSSR count). The van der Waals surface area contributed by atoms with E-state index in [4.69, 9.17) is 28.0 Å². The number of nitriles is 1. The number of anilines is 2. The fourth-order valence-electron chi connectivity index (χ4n) is 2.12. The van der Waals surface area contributed by atoms with Crippen molar-refractivity contribution in [2.75, 3.05) is 11.1 Å². The Kier molecular flexibility index (Phi) is 5.22.